The van der Waals surface area contributed by atoms with Gasteiger partial charge in [0, 0.05) is 10.3 Å². The van der Waals surface area contributed by atoms with Crippen LogP contribution in [0.3, 0.4) is 0 Å². The summed E-state index contributed by atoms with van der Waals surface area (Å²) in [7, 11) is 0. The summed E-state index contributed by atoms with van der Waals surface area (Å²) in [5, 5.41) is 8.28. The second kappa shape index (κ2) is 8.98. The average Bonchev–Trinajstić information content (AvgIpc) is 2.97. The molecule has 4 rings (SSSR count). The fourth-order valence-electron chi connectivity index (χ4n) is 3.96. The molecule has 0 bridgehead atoms. The van der Waals surface area contributed by atoms with Gasteiger partial charge in [-0.2, -0.15) is 0 Å². The molecule has 0 amide bonds. The van der Waals surface area contributed by atoms with Crippen LogP contribution in [-0.2, 0) is 4.74 Å². The Bertz CT molecular complexity index is 753. The number of pyridine rings is 1. The molecular weight excluding hydrogens is 389 g/mol. The van der Waals surface area contributed by atoms with Crippen LogP contribution in [0, 0.1) is 6.92 Å². The van der Waals surface area contributed by atoms with E-state index in [0.717, 1.165) is 50.3 Å². The first-order valence-electron chi connectivity index (χ1n) is 8.74. The van der Waals surface area contributed by atoms with Crippen LogP contribution in [0.15, 0.2) is 29.2 Å². The number of aromatic nitrogens is 1. The van der Waals surface area contributed by atoms with E-state index in [1.807, 2.05) is 0 Å². The molecule has 1 aromatic carbocycles. The molecule has 7 heteroatoms. The number of hydrogen-bond acceptors (Lipinski definition) is 5. The van der Waals surface area contributed by atoms with E-state index in [2.05, 4.69) is 48.1 Å². The van der Waals surface area contributed by atoms with Crippen LogP contribution in [0.25, 0.3) is 10.9 Å². The Labute approximate surface area is 172 Å². The largest absolute Gasteiger partial charge is 0.373 e. The molecule has 4 nitrogen and oxygen atoms in total. The van der Waals surface area contributed by atoms with Crippen LogP contribution in [0.4, 0.5) is 5.82 Å². The van der Waals surface area contributed by atoms with Crippen LogP contribution in [0.5, 0.6) is 0 Å². The highest BCUT2D eigenvalue weighted by atomic mass is 35.5. The van der Waals surface area contributed by atoms with E-state index in [0.29, 0.717) is 6.04 Å². The standard InChI is InChI=1S/C19H25N3OS.2ClH/c1-13-9-18(22-17-10-15(24-2)3-4-16(13)17)21-14-11-19(23-12-14)5-7-20-8-6-19;;/h3-4,9-10,14,20H,5-8,11-12H2,1-2H3,(H,21,22);2*1H. The molecule has 1 spiro atoms. The van der Waals surface area contributed by atoms with E-state index < -0.39 is 0 Å². The van der Waals surface area contributed by atoms with Gasteiger partial charge in [0.2, 0.25) is 0 Å². The van der Waals surface area contributed by atoms with E-state index in [9.17, 15) is 0 Å². The molecule has 1 unspecified atom stereocenters. The monoisotopic (exact) mass is 415 g/mol. The highest BCUT2D eigenvalue weighted by molar-refractivity contribution is 7.98. The molecule has 26 heavy (non-hydrogen) atoms. The van der Waals surface area contributed by atoms with Gasteiger partial charge in [0.05, 0.1) is 23.8 Å². The van der Waals surface area contributed by atoms with Crippen molar-refractivity contribution in [2.75, 3.05) is 31.3 Å². The van der Waals surface area contributed by atoms with Crippen molar-refractivity contribution in [3.05, 3.63) is 29.8 Å². The lowest BCUT2D eigenvalue weighted by atomic mass is 9.88. The summed E-state index contributed by atoms with van der Waals surface area (Å²) in [6.45, 7) is 5.08. The van der Waals surface area contributed by atoms with Gasteiger partial charge in [-0.1, -0.05) is 6.07 Å². The van der Waals surface area contributed by atoms with Crippen LogP contribution in [-0.4, -0.2) is 42.6 Å². The smallest absolute Gasteiger partial charge is 0.127 e. The summed E-state index contributed by atoms with van der Waals surface area (Å²) >= 11 is 1.76. The van der Waals surface area contributed by atoms with Crippen LogP contribution < -0.4 is 10.6 Å². The molecular formula is C19H27Cl2N3OS. The highest BCUT2D eigenvalue weighted by Gasteiger charge is 2.41. The number of fused-ring (bicyclic) bond motifs is 1. The van der Waals surface area contributed by atoms with Crippen LogP contribution >= 0.6 is 36.6 Å². The summed E-state index contributed by atoms with van der Waals surface area (Å²) in [5.41, 5.74) is 2.42. The van der Waals surface area contributed by atoms with Crippen molar-refractivity contribution in [3.63, 3.8) is 0 Å². The van der Waals surface area contributed by atoms with Crippen LogP contribution in [0.1, 0.15) is 24.8 Å². The van der Waals surface area contributed by atoms with Crippen molar-refractivity contribution >= 4 is 53.3 Å². The lowest BCUT2D eigenvalue weighted by molar-refractivity contribution is -0.0192. The maximum absolute atomic E-state index is 6.19. The topological polar surface area (TPSA) is 46.2 Å². The molecule has 0 radical (unpaired) electrons. The first-order chi connectivity index (χ1) is 11.7. The number of nitrogens with zero attached hydrogens (tertiary/aromatic N) is 1. The quantitative estimate of drug-likeness (QED) is 0.725. The average molecular weight is 416 g/mol. The predicted molar refractivity (Wildman–Crippen MR) is 116 cm³/mol. The SMILES string of the molecule is CSc1ccc2c(C)cc(NC3COC4(CCNCC4)C3)nc2c1.Cl.Cl. The predicted octanol–water partition coefficient (Wildman–Crippen LogP) is 4.43. The van der Waals surface area contributed by atoms with Crippen molar-refractivity contribution < 1.29 is 4.74 Å². The Morgan fingerprint density at radius 2 is 2.00 bits per heavy atom. The lowest BCUT2D eigenvalue weighted by Crippen LogP contribution is -2.41. The van der Waals surface area contributed by atoms with Gasteiger partial charge >= 0.3 is 0 Å². The minimum Gasteiger partial charge on any atom is -0.373 e. The molecule has 2 saturated heterocycles. The van der Waals surface area contributed by atoms with E-state index in [-0.39, 0.29) is 30.4 Å². The van der Waals surface area contributed by atoms with Gasteiger partial charge in [0.1, 0.15) is 5.82 Å². The third-order valence-electron chi connectivity index (χ3n) is 5.30. The van der Waals surface area contributed by atoms with Gasteiger partial charge in [0.15, 0.2) is 0 Å². The highest BCUT2D eigenvalue weighted by Crippen LogP contribution is 2.35. The number of benzene rings is 1. The Morgan fingerprint density at radius 3 is 2.73 bits per heavy atom. The maximum atomic E-state index is 6.19. The molecule has 2 N–H and O–H groups in total. The summed E-state index contributed by atoms with van der Waals surface area (Å²) in [6, 6.07) is 9.04. The minimum atomic E-state index is 0. The Kier molecular flexibility index (Phi) is 7.45. The van der Waals surface area contributed by atoms with E-state index in [1.165, 1.54) is 15.8 Å². The number of ether oxygens (including phenoxy) is 1. The first kappa shape index (κ1) is 21.6. The van der Waals surface area contributed by atoms with Crippen molar-refractivity contribution in [1.82, 2.24) is 10.3 Å². The van der Waals surface area contributed by atoms with Crippen molar-refractivity contribution in [2.24, 2.45) is 0 Å². The number of anilines is 1. The zero-order valence-electron chi connectivity index (χ0n) is 15.2. The van der Waals surface area contributed by atoms with Crippen molar-refractivity contribution in [3.8, 4) is 0 Å². The summed E-state index contributed by atoms with van der Waals surface area (Å²) in [4.78, 5) is 6.10. The fraction of sp³-hybridized carbons (Fsp3) is 0.526. The Morgan fingerprint density at radius 1 is 1.23 bits per heavy atom. The molecule has 0 saturated carbocycles. The summed E-state index contributed by atoms with van der Waals surface area (Å²) in [6.07, 6.45) is 5.42. The molecule has 1 atom stereocenters. The van der Waals surface area contributed by atoms with E-state index in [4.69, 9.17) is 9.72 Å². The second-order valence-electron chi connectivity index (χ2n) is 7.00. The molecule has 0 aliphatic carbocycles. The molecule has 2 aliphatic heterocycles. The zero-order valence-corrected chi connectivity index (χ0v) is 17.7. The van der Waals surface area contributed by atoms with E-state index in [1.54, 1.807) is 11.8 Å². The van der Waals surface area contributed by atoms with Gasteiger partial charge in [-0.25, -0.2) is 4.98 Å². The van der Waals surface area contributed by atoms with Crippen molar-refractivity contribution in [1.29, 1.82) is 0 Å². The van der Waals surface area contributed by atoms with Crippen molar-refractivity contribution in [2.45, 2.75) is 42.7 Å². The Balaban J connectivity index is 0.00000121. The van der Waals surface area contributed by atoms with Gasteiger partial charge in [-0.05, 0) is 69.3 Å². The normalized spacial score (nSPS) is 21.2. The van der Waals surface area contributed by atoms with Gasteiger partial charge in [-0.15, -0.1) is 36.6 Å². The zero-order chi connectivity index (χ0) is 16.6. The molecule has 3 heterocycles. The van der Waals surface area contributed by atoms with Gasteiger partial charge in [-0.3, -0.25) is 0 Å². The van der Waals surface area contributed by atoms with Crippen LogP contribution in [0.2, 0.25) is 0 Å². The minimum absolute atomic E-state index is 0. The number of hydrogen-bond donors (Lipinski definition) is 2. The Hall–Kier alpha value is -0.720. The summed E-state index contributed by atoms with van der Waals surface area (Å²) in [5.74, 6) is 0.970. The van der Waals surface area contributed by atoms with Gasteiger partial charge < -0.3 is 15.4 Å². The first-order valence-corrected chi connectivity index (χ1v) is 9.97. The molecule has 2 aromatic rings. The number of nitrogens with one attached hydrogen (secondary N) is 2. The summed E-state index contributed by atoms with van der Waals surface area (Å²) < 4.78 is 6.19. The maximum Gasteiger partial charge on any atom is 0.127 e. The number of halogens is 2. The van der Waals surface area contributed by atoms with E-state index >= 15 is 0 Å². The molecule has 2 aliphatic rings. The number of rotatable bonds is 3. The number of piperidine rings is 1. The second-order valence-corrected chi connectivity index (χ2v) is 7.88. The lowest BCUT2D eigenvalue weighted by Gasteiger charge is -2.32. The molecule has 144 valence electrons. The third kappa shape index (κ3) is 4.39. The number of aryl methyl sites for hydroxylation is 1. The van der Waals surface area contributed by atoms with Gasteiger partial charge in [0.25, 0.3) is 0 Å². The molecule has 1 aromatic heterocycles. The fourth-order valence-corrected chi connectivity index (χ4v) is 4.39. The number of thioether (sulfide) groups is 1. The third-order valence-corrected chi connectivity index (χ3v) is 6.03. The molecule has 2 fully saturated rings.